The van der Waals surface area contributed by atoms with Crippen LogP contribution in [0.2, 0.25) is 0 Å². The lowest BCUT2D eigenvalue weighted by atomic mass is 10.2. The predicted molar refractivity (Wildman–Crippen MR) is 103 cm³/mol. The van der Waals surface area contributed by atoms with Crippen LogP contribution in [0.3, 0.4) is 0 Å². The minimum absolute atomic E-state index is 0.0749. The molecule has 1 atom stereocenters. The van der Waals surface area contributed by atoms with Crippen molar-refractivity contribution in [3.05, 3.63) is 48.5 Å². The molecule has 154 valence electrons. The first kappa shape index (κ1) is 20.5. The van der Waals surface area contributed by atoms with Gasteiger partial charge in [-0.05, 0) is 55.8 Å². The highest BCUT2D eigenvalue weighted by molar-refractivity contribution is 5.97. The van der Waals surface area contributed by atoms with Crippen LogP contribution in [0.1, 0.15) is 19.8 Å². The summed E-state index contributed by atoms with van der Waals surface area (Å²) in [6, 6.07) is 11.5. The largest absolute Gasteiger partial charge is 0.573 e. The molecule has 1 aliphatic heterocycles. The molecule has 1 aliphatic rings. The molecule has 0 bridgehead atoms. The second kappa shape index (κ2) is 8.42. The summed E-state index contributed by atoms with van der Waals surface area (Å²) in [4.78, 5) is 26.0. The van der Waals surface area contributed by atoms with Gasteiger partial charge in [0.1, 0.15) is 11.8 Å². The van der Waals surface area contributed by atoms with Crippen molar-refractivity contribution in [2.24, 2.45) is 0 Å². The fourth-order valence-electron chi connectivity index (χ4n) is 2.99. The number of anilines is 3. The molecule has 1 saturated heterocycles. The third kappa shape index (κ3) is 5.63. The highest BCUT2D eigenvalue weighted by Gasteiger charge is 2.31. The van der Waals surface area contributed by atoms with Crippen molar-refractivity contribution in [1.82, 2.24) is 0 Å². The molecule has 0 aliphatic carbocycles. The Morgan fingerprint density at radius 3 is 2.48 bits per heavy atom. The number of carbonyl (C=O) groups excluding carboxylic acids is 2. The molecule has 0 spiro atoms. The zero-order valence-corrected chi connectivity index (χ0v) is 15.6. The fourth-order valence-corrected chi connectivity index (χ4v) is 2.99. The normalized spacial score (nSPS) is 15.2. The van der Waals surface area contributed by atoms with Crippen LogP contribution in [0.25, 0.3) is 0 Å². The van der Waals surface area contributed by atoms with E-state index in [9.17, 15) is 22.8 Å². The average Bonchev–Trinajstić information content (AvgIpc) is 3.08. The molecule has 9 heteroatoms. The van der Waals surface area contributed by atoms with E-state index >= 15 is 0 Å². The van der Waals surface area contributed by atoms with E-state index in [1.54, 1.807) is 30.0 Å². The van der Waals surface area contributed by atoms with Gasteiger partial charge in [-0.1, -0.05) is 6.07 Å². The minimum atomic E-state index is -4.77. The van der Waals surface area contributed by atoms with Crippen LogP contribution in [-0.4, -0.2) is 30.8 Å². The Morgan fingerprint density at radius 2 is 1.86 bits per heavy atom. The van der Waals surface area contributed by atoms with Crippen molar-refractivity contribution in [2.45, 2.75) is 32.2 Å². The Kier molecular flexibility index (Phi) is 5.95. The number of nitrogens with zero attached hydrogens (tertiary/aromatic N) is 1. The van der Waals surface area contributed by atoms with Gasteiger partial charge in [0.25, 0.3) is 0 Å². The van der Waals surface area contributed by atoms with E-state index in [1.165, 1.54) is 12.1 Å². The summed E-state index contributed by atoms with van der Waals surface area (Å²) in [6.45, 7) is 2.33. The van der Waals surface area contributed by atoms with Gasteiger partial charge in [-0.25, -0.2) is 0 Å². The Morgan fingerprint density at radius 1 is 1.14 bits per heavy atom. The molecule has 2 N–H and O–H groups in total. The maximum Gasteiger partial charge on any atom is 0.573 e. The van der Waals surface area contributed by atoms with Gasteiger partial charge in [-0.2, -0.15) is 0 Å². The Labute approximate surface area is 165 Å². The molecular weight excluding hydrogens is 387 g/mol. The Balaban J connectivity index is 1.59. The first-order valence-corrected chi connectivity index (χ1v) is 9.05. The van der Waals surface area contributed by atoms with Gasteiger partial charge in [0.05, 0.1) is 0 Å². The van der Waals surface area contributed by atoms with Gasteiger partial charge < -0.3 is 20.3 Å². The zero-order chi connectivity index (χ0) is 21.0. The smallest absolute Gasteiger partial charge is 0.406 e. The topological polar surface area (TPSA) is 70.7 Å². The maximum absolute atomic E-state index is 12.4. The van der Waals surface area contributed by atoms with Gasteiger partial charge in [0, 0.05) is 30.0 Å². The van der Waals surface area contributed by atoms with Crippen molar-refractivity contribution in [3.63, 3.8) is 0 Å². The molecule has 0 aromatic heterocycles. The monoisotopic (exact) mass is 407 g/mol. The fraction of sp³-hybridized carbons (Fsp3) is 0.300. The zero-order valence-electron chi connectivity index (χ0n) is 15.6. The number of rotatable bonds is 6. The number of benzene rings is 2. The van der Waals surface area contributed by atoms with E-state index in [-0.39, 0.29) is 17.6 Å². The summed E-state index contributed by atoms with van der Waals surface area (Å²) in [5, 5.41) is 5.69. The summed E-state index contributed by atoms with van der Waals surface area (Å²) in [7, 11) is 0. The molecule has 6 nitrogen and oxygen atoms in total. The number of halogens is 3. The van der Waals surface area contributed by atoms with E-state index in [0.717, 1.165) is 24.2 Å². The predicted octanol–water partition coefficient (Wildman–Crippen LogP) is 4.15. The molecule has 2 amide bonds. The summed E-state index contributed by atoms with van der Waals surface area (Å²) < 4.78 is 40.4. The van der Waals surface area contributed by atoms with Crippen LogP contribution >= 0.6 is 0 Å². The second-order valence-corrected chi connectivity index (χ2v) is 6.63. The molecule has 29 heavy (non-hydrogen) atoms. The summed E-state index contributed by atoms with van der Waals surface area (Å²) in [6.07, 6.45) is -3.41. The van der Waals surface area contributed by atoms with Crippen LogP contribution in [0, 0.1) is 0 Å². The van der Waals surface area contributed by atoms with Crippen LogP contribution in [0.4, 0.5) is 30.2 Å². The number of amides is 2. The first-order valence-electron chi connectivity index (χ1n) is 9.05. The molecule has 2 aromatic rings. The van der Waals surface area contributed by atoms with Crippen molar-refractivity contribution < 1.29 is 27.5 Å². The number of nitrogens with one attached hydrogen (secondary N) is 2. The molecule has 0 saturated carbocycles. The van der Waals surface area contributed by atoms with Gasteiger partial charge in [-0.3, -0.25) is 9.59 Å². The quantitative estimate of drug-likeness (QED) is 0.755. The third-order valence-corrected chi connectivity index (χ3v) is 4.36. The molecule has 3 rings (SSSR count). The third-order valence-electron chi connectivity index (χ3n) is 4.36. The van der Waals surface area contributed by atoms with Crippen LogP contribution < -0.4 is 20.3 Å². The van der Waals surface area contributed by atoms with Crippen molar-refractivity contribution in [3.8, 4) is 5.75 Å². The summed E-state index contributed by atoms with van der Waals surface area (Å²) in [5.74, 6) is -0.655. The number of hydrogen-bond acceptors (Lipinski definition) is 4. The van der Waals surface area contributed by atoms with E-state index in [1.807, 2.05) is 6.07 Å². The van der Waals surface area contributed by atoms with E-state index < -0.39 is 12.4 Å². The SMILES string of the molecule is CC(Nc1cccc(N2CCCC2=O)c1)C(=O)Nc1ccc(OC(F)(F)F)cc1. The maximum atomic E-state index is 12.4. The lowest BCUT2D eigenvalue weighted by Crippen LogP contribution is -2.32. The lowest BCUT2D eigenvalue weighted by molar-refractivity contribution is -0.274. The molecule has 0 radical (unpaired) electrons. The standard InChI is InChI=1S/C20H20F3N3O3/c1-13(19(28)25-14-7-9-17(10-8-14)29-20(21,22)23)24-15-4-2-5-16(12-15)26-11-3-6-18(26)27/h2,4-5,7-10,12-13,24H,3,6,11H2,1H3,(H,25,28). The van der Waals surface area contributed by atoms with Gasteiger partial charge in [0.15, 0.2) is 0 Å². The molecule has 2 aromatic carbocycles. The molecular formula is C20H20F3N3O3. The minimum Gasteiger partial charge on any atom is -0.406 e. The van der Waals surface area contributed by atoms with E-state index in [0.29, 0.717) is 24.3 Å². The van der Waals surface area contributed by atoms with Crippen molar-refractivity contribution in [2.75, 3.05) is 22.1 Å². The average molecular weight is 407 g/mol. The van der Waals surface area contributed by atoms with Crippen molar-refractivity contribution >= 4 is 28.9 Å². The van der Waals surface area contributed by atoms with E-state index in [2.05, 4.69) is 15.4 Å². The molecule has 1 unspecified atom stereocenters. The second-order valence-electron chi connectivity index (χ2n) is 6.63. The summed E-state index contributed by atoms with van der Waals surface area (Å²) in [5.41, 5.74) is 1.79. The van der Waals surface area contributed by atoms with E-state index in [4.69, 9.17) is 0 Å². The number of carbonyl (C=O) groups is 2. The van der Waals surface area contributed by atoms with Crippen LogP contribution in [0.5, 0.6) is 5.75 Å². The highest BCUT2D eigenvalue weighted by Crippen LogP contribution is 2.26. The molecule has 1 fully saturated rings. The first-order chi connectivity index (χ1) is 13.7. The van der Waals surface area contributed by atoms with Crippen LogP contribution in [0.15, 0.2) is 48.5 Å². The lowest BCUT2D eigenvalue weighted by Gasteiger charge is -2.19. The molecule has 1 heterocycles. The number of ether oxygens (including phenoxy) is 1. The Hall–Kier alpha value is -3.23. The highest BCUT2D eigenvalue weighted by atomic mass is 19.4. The van der Waals surface area contributed by atoms with Crippen molar-refractivity contribution in [1.29, 1.82) is 0 Å². The van der Waals surface area contributed by atoms with Crippen LogP contribution in [-0.2, 0) is 9.59 Å². The van der Waals surface area contributed by atoms with Gasteiger partial charge in [0.2, 0.25) is 11.8 Å². The Bertz CT molecular complexity index is 885. The van der Waals surface area contributed by atoms with Gasteiger partial charge >= 0.3 is 6.36 Å². The van der Waals surface area contributed by atoms with Gasteiger partial charge in [-0.15, -0.1) is 13.2 Å². The summed E-state index contributed by atoms with van der Waals surface area (Å²) >= 11 is 0. The number of alkyl halides is 3. The number of hydrogen-bond donors (Lipinski definition) is 2.